The molecule has 108 valence electrons. The molecule has 1 aromatic carbocycles. The van der Waals surface area contributed by atoms with E-state index in [-0.39, 0.29) is 0 Å². The zero-order chi connectivity index (χ0) is 14.8. The van der Waals surface area contributed by atoms with Gasteiger partial charge in [-0.05, 0) is 39.0 Å². The molecule has 0 bridgehead atoms. The molecular formula is C17H18N2O2. The van der Waals surface area contributed by atoms with Gasteiger partial charge in [-0.1, -0.05) is 0 Å². The standard InChI is InChI=1S/C17H18N2O2/c1-4-20-14-6-8-18-16-11(3)17-13(10-12(14)16)15(21-5-2)7-9-19-17/h6-10H,4-5H2,1-3H3. The van der Waals surface area contributed by atoms with Gasteiger partial charge in [-0.2, -0.15) is 0 Å². The summed E-state index contributed by atoms with van der Waals surface area (Å²) in [5.74, 6) is 1.69. The van der Waals surface area contributed by atoms with E-state index in [1.54, 1.807) is 12.4 Å². The fourth-order valence-corrected chi connectivity index (χ4v) is 2.61. The Morgan fingerprint density at radius 1 is 0.857 bits per heavy atom. The van der Waals surface area contributed by atoms with Gasteiger partial charge in [-0.15, -0.1) is 0 Å². The Hall–Kier alpha value is -2.36. The minimum absolute atomic E-state index is 0.627. The lowest BCUT2D eigenvalue weighted by atomic mass is 10.0. The maximum Gasteiger partial charge on any atom is 0.130 e. The number of hydrogen-bond donors (Lipinski definition) is 0. The molecule has 0 atom stereocenters. The first-order chi connectivity index (χ1) is 10.3. The van der Waals surface area contributed by atoms with Crippen LogP contribution in [0, 0.1) is 6.92 Å². The van der Waals surface area contributed by atoms with E-state index in [0.717, 1.165) is 38.9 Å². The van der Waals surface area contributed by atoms with Crippen LogP contribution in [0.1, 0.15) is 19.4 Å². The van der Waals surface area contributed by atoms with Crippen molar-refractivity contribution in [3.05, 3.63) is 36.2 Å². The number of aryl methyl sites for hydroxylation is 1. The predicted molar refractivity (Wildman–Crippen MR) is 84.1 cm³/mol. The van der Waals surface area contributed by atoms with Crippen LogP contribution in [0.5, 0.6) is 11.5 Å². The third-order valence-electron chi connectivity index (χ3n) is 3.50. The highest BCUT2D eigenvalue weighted by Crippen LogP contribution is 2.34. The van der Waals surface area contributed by atoms with Crippen LogP contribution in [-0.2, 0) is 0 Å². The molecule has 0 radical (unpaired) electrons. The van der Waals surface area contributed by atoms with Crippen LogP contribution in [0.15, 0.2) is 30.6 Å². The molecule has 0 amide bonds. The number of aromatic nitrogens is 2. The lowest BCUT2D eigenvalue weighted by molar-refractivity contribution is 0.343. The molecule has 21 heavy (non-hydrogen) atoms. The summed E-state index contributed by atoms with van der Waals surface area (Å²) in [6, 6.07) is 5.86. The molecule has 0 saturated carbocycles. The summed E-state index contributed by atoms with van der Waals surface area (Å²) in [5.41, 5.74) is 2.90. The Bertz CT molecular complexity index is 735. The molecule has 3 rings (SSSR count). The van der Waals surface area contributed by atoms with E-state index in [4.69, 9.17) is 9.47 Å². The van der Waals surface area contributed by atoms with Gasteiger partial charge in [-0.3, -0.25) is 9.97 Å². The largest absolute Gasteiger partial charge is 0.493 e. The number of nitrogens with zero attached hydrogens (tertiary/aromatic N) is 2. The van der Waals surface area contributed by atoms with Gasteiger partial charge >= 0.3 is 0 Å². The first-order valence-electron chi connectivity index (χ1n) is 7.18. The van der Waals surface area contributed by atoms with Gasteiger partial charge in [-0.25, -0.2) is 0 Å². The fraction of sp³-hybridized carbons (Fsp3) is 0.294. The van der Waals surface area contributed by atoms with Crippen molar-refractivity contribution in [1.29, 1.82) is 0 Å². The second-order valence-corrected chi connectivity index (χ2v) is 4.78. The highest BCUT2D eigenvalue weighted by Gasteiger charge is 2.13. The molecule has 3 aromatic rings. The fourth-order valence-electron chi connectivity index (χ4n) is 2.61. The third kappa shape index (κ3) is 2.27. The van der Waals surface area contributed by atoms with E-state index in [1.807, 2.05) is 32.9 Å². The second kappa shape index (κ2) is 5.56. The van der Waals surface area contributed by atoms with Crippen LogP contribution >= 0.6 is 0 Å². The summed E-state index contributed by atoms with van der Waals surface area (Å²) < 4.78 is 11.4. The van der Waals surface area contributed by atoms with Crippen molar-refractivity contribution < 1.29 is 9.47 Å². The van der Waals surface area contributed by atoms with Gasteiger partial charge in [0.15, 0.2) is 0 Å². The van der Waals surface area contributed by atoms with E-state index >= 15 is 0 Å². The van der Waals surface area contributed by atoms with E-state index in [0.29, 0.717) is 13.2 Å². The van der Waals surface area contributed by atoms with Crippen molar-refractivity contribution in [3.8, 4) is 11.5 Å². The summed E-state index contributed by atoms with van der Waals surface area (Å²) in [6.45, 7) is 7.25. The average molecular weight is 282 g/mol. The van der Waals surface area contributed by atoms with Crippen LogP contribution in [0.3, 0.4) is 0 Å². The quantitative estimate of drug-likeness (QED) is 0.681. The zero-order valence-corrected chi connectivity index (χ0v) is 12.5. The van der Waals surface area contributed by atoms with Gasteiger partial charge in [0.05, 0.1) is 24.2 Å². The Morgan fingerprint density at radius 3 is 1.76 bits per heavy atom. The Labute approximate surface area is 123 Å². The molecule has 0 spiro atoms. The minimum Gasteiger partial charge on any atom is -0.493 e. The Kier molecular flexibility index (Phi) is 3.60. The van der Waals surface area contributed by atoms with Crippen molar-refractivity contribution in [1.82, 2.24) is 9.97 Å². The van der Waals surface area contributed by atoms with Crippen LogP contribution in [-0.4, -0.2) is 23.2 Å². The maximum atomic E-state index is 5.72. The summed E-state index contributed by atoms with van der Waals surface area (Å²) in [4.78, 5) is 8.98. The van der Waals surface area contributed by atoms with Gasteiger partial charge < -0.3 is 9.47 Å². The Balaban J connectivity index is 2.38. The van der Waals surface area contributed by atoms with Crippen molar-refractivity contribution in [3.63, 3.8) is 0 Å². The predicted octanol–water partition coefficient (Wildman–Crippen LogP) is 3.89. The summed E-state index contributed by atoms with van der Waals surface area (Å²) in [6.07, 6.45) is 3.55. The average Bonchev–Trinajstić information content (AvgIpc) is 2.50. The monoisotopic (exact) mass is 282 g/mol. The van der Waals surface area contributed by atoms with Crippen LogP contribution in [0.25, 0.3) is 21.8 Å². The van der Waals surface area contributed by atoms with Crippen molar-refractivity contribution in [2.45, 2.75) is 20.8 Å². The summed E-state index contributed by atoms with van der Waals surface area (Å²) >= 11 is 0. The molecule has 0 aliphatic heterocycles. The molecule has 2 aromatic heterocycles. The SMILES string of the molecule is CCOc1ccnc2c(C)c3nccc(OCC)c3cc12. The van der Waals surface area contributed by atoms with Crippen LogP contribution in [0.4, 0.5) is 0 Å². The van der Waals surface area contributed by atoms with Crippen LogP contribution < -0.4 is 9.47 Å². The lowest BCUT2D eigenvalue weighted by Crippen LogP contribution is -1.97. The van der Waals surface area contributed by atoms with Gasteiger partial charge in [0.1, 0.15) is 11.5 Å². The highest BCUT2D eigenvalue weighted by molar-refractivity contribution is 6.03. The first kappa shape index (κ1) is 13.6. The zero-order valence-electron chi connectivity index (χ0n) is 12.5. The van der Waals surface area contributed by atoms with Gasteiger partial charge in [0, 0.05) is 28.7 Å². The molecule has 0 fully saturated rings. The summed E-state index contributed by atoms with van der Waals surface area (Å²) in [7, 11) is 0. The molecule has 4 nitrogen and oxygen atoms in total. The van der Waals surface area contributed by atoms with Gasteiger partial charge in [0.25, 0.3) is 0 Å². The number of hydrogen-bond acceptors (Lipinski definition) is 4. The normalized spacial score (nSPS) is 11.0. The maximum absolute atomic E-state index is 5.72. The molecule has 2 heterocycles. The molecule has 0 unspecified atom stereocenters. The van der Waals surface area contributed by atoms with Crippen LogP contribution in [0.2, 0.25) is 0 Å². The lowest BCUT2D eigenvalue weighted by Gasteiger charge is -2.13. The minimum atomic E-state index is 0.627. The summed E-state index contributed by atoms with van der Waals surface area (Å²) in [5, 5.41) is 2.00. The second-order valence-electron chi connectivity index (χ2n) is 4.78. The molecule has 0 aliphatic carbocycles. The van der Waals surface area contributed by atoms with E-state index < -0.39 is 0 Å². The van der Waals surface area contributed by atoms with E-state index in [9.17, 15) is 0 Å². The number of pyridine rings is 2. The third-order valence-corrected chi connectivity index (χ3v) is 3.50. The number of rotatable bonds is 4. The Morgan fingerprint density at radius 2 is 1.33 bits per heavy atom. The van der Waals surface area contributed by atoms with Crippen molar-refractivity contribution in [2.24, 2.45) is 0 Å². The first-order valence-corrected chi connectivity index (χ1v) is 7.18. The van der Waals surface area contributed by atoms with E-state index in [1.165, 1.54) is 0 Å². The molecule has 4 heteroatoms. The van der Waals surface area contributed by atoms with Crippen molar-refractivity contribution in [2.75, 3.05) is 13.2 Å². The molecule has 0 aliphatic rings. The molecule has 0 N–H and O–H groups in total. The number of benzene rings is 1. The highest BCUT2D eigenvalue weighted by atomic mass is 16.5. The van der Waals surface area contributed by atoms with Crippen molar-refractivity contribution >= 4 is 21.8 Å². The van der Waals surface area contributed by atoms with E-state index in [2.05, 4.69) is 16.0 Å². The molecular weight excluding hydrogens is 264 g/mol. The van der Waals surface area contributed by atoms with Gasteiger partial charge in [0.2, 0.25) is 0 Å². The topological polar surface area (TPSA) is 44.2 Å². The smallest absolute Gasteiger partial charge is 0.130 e. The number of ether oxygens (including phenoxy) is 2. The number of fused-ring (bicyclic) bond motifs is 2. The molecule has 0 saturated heterocycles.